The van der Waals surface area contributed by atoms with Gasteiger partial charge in [-0.25, -0.2) is 4.79 Å². The van der Waals surface area contributed by atoms with E-state index >= 15 is 0 Å². The van der Waals surface area contributed by atoms with Gasteiger partial charge in [0.25, 0.3) is 0 Å². The smallest absolute Gasteiger partial charge is 0.382 e. The second-order valence-electron chi connectivity index (χ2n) is 1.69. The molecule has 0 amide bonds. The van der Waals surface area contributed by atoms with Gasteiger partial charge in [-0.3, -0.25) is 0 Å². The Bertz CT molecular complexity index is 332. The van der Waals surface area contributed by atoms with Gasteiger partial charge in [-0.15, -0.1) is 11.3 Å². The van der Waals surface area contributed by atoms with E-state index < -0.39 is 5.97 Å². The second-order valence-corrected chi connectivity index (χ2v) is 3.29. The molecule has 0 aliphatic carbocycles. The van der Waals surface area contributed by atoms with Gasteiger partial charge in [0, 0.05) is 21.2 Å². The van der Waals surface area contributed by atoms with Gasteiger partial charge in [0.1, 0.15) is 0 Å². The van der Waals surface area contributed by atoms with Gasteiger partial charge in [0.2, 0.25) is 0 Å². The lowest BCUT2D eigenvalue weighted by atomic mass is 10.3. The van der Waals surface area contributed by atoms with Crippen molar-refractivity contribution >= 4 is 33.2 Å². The predicted molar refractivity (Wildman–Crippen MR) is 46.5 cm³/mol. The highest BCUT2D eigenvalue weighted by molar-refractivity contribution is 9.10. The van der Waals surface area contributed by atoms with Crippen LogP contribution in [0.4, 0.5) is 0 Å². The molecule has 0 unspecified atom stereocenters. The summed E-state index contributed by atoms with van der Waals surface area (Å²) >= 11 is 4.71. The third-order valence-corrected chi connectivity index (χ3v) is 2.62. The third kappa shape index (κ3) is 2.37. The van der Waals surface area contributed by atoms with Crippen molar-refractivity contribution in [2.75, 3.05) is 0 Å². The van der Waals surface area contributed by atoms with E-state index in [9.17, 15) is 4.79 Å². The number of aliphatic carboxylic acids is 1. The van der Waals surface area contributed by atoms with E-state index in [2.05, 4.69) is 21.9 Å². The molecule has 1 heterocycles. The fourth-order valence-corrected chi connectivity index (χ4v) is 1.82. The number of hydrogen-bond donors (Lipinski definition) is 1. The summed E-state index contributed by atoms with van der Waals surface area (Å²) in [4.78, 5) is 10.0. The summed E-state index contributed by atoms with van der Waals surface area (Å²) in [5.41, 5.74) is 0.720. The molecule has 1 rings (SSSR count). The van der Waals surface area contributed by atoms with E-state index in [1.54, 1.807) is 5.38 Å². The van der Waals surface area contributed by atoms with E-state index in [4.69, 9.17) is 5.11 Å². The van der Waals surface area contributed by atoms with Gasteiger partial charge in [-0.05, 0) is 15.9 Å². The van der Waals surface area contributed by atoms with Gasteiger partial charge >= 0.3 is 5.97 Å². The zero-order chi connectivity index (χ0) is 8.27. The standard InChI is InChI=1S/C7H3BrO2S/c8-6-4-11-3-5(6)1-2-7(9)10/h3-4H,(H,9,10). The van der Waals surface area contributed by atoms with Crippen molar-refractivity contribution in [1.29, 1.82) is 0 Å². The number of hydrogen-bond acceptors (Lipinski definition) is 2. The van der Waals surface area contributed by atoms with Crippen LogP contribution in [0.2, 0.25) is 0 Å². The summed E-state index contributed by atoms with van der Waals surface area (Å²) in [5.74, 6) is 3.43. The first-order chi connectivity index (χ1) is 5.20. The van der Waals surface area contributed by atoms with Crippen molar-refractivity contribution in [3.05, 3.63) is 20.8 Å². The molecule has 0 fully saturated rings. The summed E-state index contributed by atoms with van der Waals surface area (Å²) in [6.45, 7) is 0. The van der Waals surface area contributed by atoms with Crippen LogP contribution in [0, 0.1) is 11.8 Å². The molecule has 0 saturated carbocycles. The van der Waals surface area contributed by atoms with E-state index in [0.29, 0.717) is 0 Å². The largest absolute Gasteiger partial charge is 0.472 e. The molecule has 0 spiro atoms. The van der Waals surface area contributed by atoms with Crippen molar-refractivity contribution < 1.29 is 9.90 Å². The second kappa shape index (κ2) is 3.56. The molecule has 0 aromatic carbocycles. The number of carboxylic acid groups (broad SMARTS) is 1. The lowest BCUT2D eigenvalue weighted by Gasteiger charge is -1.79. The van der Waals surface area contributed by atoms with E-state index in [1.165, 1.54) is 11.3 Å². The zero-order valence-corrected chi connectivity index (χ0v) is 7.70. The number of carbonyl (C=O) groups is 1. The van der Waals surface area contributed by atoms with Crippen molar-refractivity contribution in [3.8, 4) is 11.8 Å². The van der Waals surface area contributed by atoms with E-state index in [0.717, 1.165) is 10.0 Å². The lowest BCUT2D eigenvalue weighted by Crippen LogP contribution is -1.86. The van der Waals surface area contributed by atoms with Gasteiger partial charge in [-0.2, -0.15) is 0 Å². The summed E-state index contributed by atoms with van der Waals surface area (Å²) in [7, 11) is 0. The Hall–Kier alpha value is -0.790. The third-order valence-electron chi connectivity index (χ3n) is 0.919. The minimum Gasteiger partial charge on any atom is -0.472 e. The first-order valence-corrected chi connectivity index (χ1v) is 4.40. The Labute approximate surface area is 76.0 Å². The molecule has 4 heteroatoms. The number of halogens is 1. The highest BCUT2D eigenvalue weighted by Gasteiger charge is 1.95. The Kier molecular flexibility index (Phi) is 2.69. The number of rotatable bonds is 0. The zero-order valence-electron chi connectivity index (χ0n) is 5.30. The fraction of sp³-hybridized carbons (Fsp3) is 0. The first-order valence-electron chi connectivity index (χ1n) is 2.67. The summed E-state index contributed by atoms with van der Waals surface area (Å²) < 4.78 is 0.844. The SMILES string of the molecule is O=C(O)C#Cc1cscc1Br. The van der Waals surface area contributed by atoms with Crippen LogP contribution in [0.5, 0.6) is 0 Å². The Balaban J connectivity index is 2.90. The number of thiophene rings is 1. The van der Waals surface area contributed by atoms with Crippen LogP contribution in [0.15, 0.2) is 15.2 Å². The summed E-state index contributed by atoms with van der Waals surface area (Å²) in [6, 6.07) is 0. The average molecular weight is 231 g/mol. The molecular formula is C7H3BrO2S. The van der Waals surface area contributed by atoms with Crippen molar-refractivity contribution in [3.63, 3.8) is 0 Å². The molecule has 0 aliphatic heterocycles. The van der Waals surface area contributed by atoms with Crippen molar-refractivity contribution in [2.45, 2.75) is 0 Å². The van der Waals surface area contributed by atoms with Gasteiger partial charge in [0.05, 0.1) is 5.56 Å². The molecular weight excluding hydrogens is 228 g/mol. The molecule has 2 nitrogen and oxygen atoms in total. The molecule has 11 heavy (non-hydrogen) atoms. The van der Waals surface area contributed by atoms with Gasteiger partial charge < -0.3 is 5.11 Å². The summed E-state index contributed by atoms with van der Waals surface area (Å²) in [6.07, 6.45) is 0. The molecule has 0 bridgehead atoms. The maximum absolute atomic E-state index is 10.0. The Morgan fingerprint density at radius 1 is 1.64 bits per heavy atom. The van der Waals surface area contributed by atoms with Gasteiger partial charge in [0.15, 0.2) is 0 Å². The summed E-state index contributed by atoms with van der Waals surface area (Å²) in [5, 5.41) is 11.9. The van der Waals surface area contributed by atoms with Crippen molar-refractivity contribution in [2.24, 2.45) is 0 Å². The van der Waals surface area contributed by atoms with Crippen LogP contribution in [0.25, 0.3) is 0 Å². The molecule has 0 aliphatic rings. The molecule has 0 saturated heterocycles. The van der Waals surface area contributed by atoms with E-state index in [-0.39, 0.29) is 0 Å². The topological polar surface area (TPSA) is 37.3 Å². The monoisotopic (exact) mass is 230 g/mol. The van der Waals surface area contributed by atoms with Crippen LogP contribution < -0.4 is 0 Å². The minimum atomic E-state index is -1.11. The molecule has 1 aromatic heterocycles. The molecule has 56 valence electrons. The molecule has 0 radical (unpaired) electrons. The Morgan fingerprint density at radius 2 is 2.36 bits per heavy atom. The predicted octanol–water partition coefficient (Wildman–Crippen LogP) is 1.95. The van der Waals surface area contributed by atoms with Crippen LogP contribution in [-0.4, -0.2) is 11.1 Å². The maximum atomic E-state index is 10.0. The highest BCUT2D eigenvalue weighted by Crippen LogP contribution is 2.19. The molecule has 1 N–H and O–H groups in total. The quantitative estimate of drug-likeness (QED) is 0.693. The lowest BCUT2D eigenvalue weighted by molar-refractivity contribution is -0.130. The minimum absolute atomic E-state index is 0.720. The van der Waals surface area contributed by atoms with E-state index in [1.807, 2.05) is 11.3 Å². The normalized spacial score (nSPS) is 8.45. The first kappa shape index (κ1) is 8.31. The highest BCUT2D eigenvalue weighted by atomic mass is 79.9. The maximum Gasteiger partial charge on any atom is 0.382 e. The van der Waals surface area contributed by atoms with Crippen LogP contribution in [0.1, 0.15) is 5.56 Å². The molecule has 0 atom stereocenters. The van der Waals surface area contributed by atoms with Gasteiger partial charge in [-0.1, -0.05) is 5.92 Å². The number of carboxylic acids is 1. The van der Waals surface area contributed by atoms with Crippen LogP contribution in [0.3, 0.4) is 0 Å². The molecule has 1 aromatic rings. The average Bonchev–Trinajstić information content (AvgIpc) is 2.31. The fourth-order valence-electron chi connectivity index (χ4n) is 0.492. The Morgan fingerprint density at radius 3 is 2.82 bits per heavy atom. The van der Waals surface area contributed by atoms with Crippen LogP contribution in [-0.2, 0) is 4.79 Å². The van der Waals surface area contributed by atoms with Crippen LogP contribution >= 0.6 is 27.3 Å². The van der Waals surface area contributed by atoms with Crippen molar-refractivity contribution in [1.82, 2.24) is 0 Å².